The van der Waals surface area contributed by atoms with E-state index in [4.69, 9.17) is 9.47 Å². The summed E-state index contributed by atoms with van der Waals surface area (Å²) in [5.41, 5.74) is 0.529. The van der Waals surface area contributed by atoms with Crippen LogP contribution in [0.1, 0.15) is 16.8 Å². The highest BCUT2D eigenvalue weighted by Crippen LogP contribution is 2.24. The van der Waals surface area contributed by atoms with Gasteiger partial charge in [0, 0.05) is 17.0 Å². The molecule has 94 valence electrons. The van der Waals surface area contributed by atoms with E-state index in [-0.39, 0.29) is 5.91 Å². The zero-order chi connectivity index (χ0) is 12.7. The Morgan fingerprint density at radius 1 is 1.35 bits per heavy atom. The summed E-state index contributed by atoms with van der Waals surface area (Å²) in [6.45, 7) is 0.678. The molecule has 0 radical (unpaired) electrons. The molecule has 0 aliphatic carbocycles. The van der Waals surface area contributed by atoms with Crippen molar-refractivity contribution in [2.75, 3.05) is 25.2 Å². The van der Waals surface area contributed by atoms with Gasteiger partial charge in [0.25, 0.3) is 5.91 Å². The van der Waals surface area contributed by atoms with E-state index < -0.39 is 0 Å². The minimum Gasteiger partial charge on any atom is -0.497 e. The Morgan fingerprint density at radius 2 is 2.12 bits per heavy atom. The molecule has 1 rings (SSSR count). The molecule has 5 heteroatoms. The first-order chi connectivity index (χ1) is 8.22. The molecular weight excluding hydrogens is 333 g/mol. The number of hydrogen-bond donors (Lipinski definition) is 1. The number of hydrogen-bond acceptors (Lipinski definition) is 3. The molecule has 0 atom stereocenters. The fourth-order valence-corrected chi connectivity index (χ4v) is 1.73. The first kappa shape index (κ1) is 14.1. The molecule has 0 unspecified atom stereocenters. The number of amides is 1. The first-order valence-corrected chi connectivity index (χ1v) is 6.81. The van der Waals surface area contributed by atoms with E-state index in [1.165, 1.54) is 7.11 Å². The normalized spacial score (nSPS) is 9.82. The van der Waals surface area contributed by atoms with Gasteiger partial charge in [0.2, 0.25) is 0 Å². The molecule has 0 aliphatic rings. The van der Waals surface area contributed by atoms with E-state index in [0.29, 0.717) is 23.6 Å². The summed E-state index contributed by atoms with van der Waals surface area (Å²) in [4.78, 5) is 11.9. The molecule has 0 aromatic heterocycles. The first-order valence-electron chi connectivity index (χ1n) is 5.29. The van der Waals surface area contributed by atoms with Crippen LogP contribution in [0.2, 0.25) is 0 Å². The van der Waals surface area contributed by atoms with Crippen LogP contribution in [-0.4, -0.2) is 31.1 Å². The van der Waals surface area contributed by atoms with Crippen molar-refractivity contribution in [1.29, 1.82) is 0 Å². The lowest BCUT2D eigenvalue weighted by Gasteiger charge is -2.10. The van der Waals surface area contributed by atoms with Crippen LogP contribution >= 0.6 is 22.6 Å². The van der Waals surface area contributed by atoms with Crippen LogP contribution in [0.15, 0.2) is 18.2 Å². The maximum Gasteiger partial charge on any atom is 0.255 e. The third-order valence-corrected chi connectivity index (χ3v) is 3.01. The second-order valence-electron chi connectivity index (χ2n) is 3.36. The highest BCUT2D eigenvalue weighted by molar-refractivity contribution is 14.1. The Labute approximate surface area is 115 Å². The average Bonchev–Trinajstić information content (AvgIpc) is 2.38. The van der Waals surface area contributed by atoms with Crippen LogP contribution in [0.5, 0.6) is 11.5 Å². The van der Waals surface area contributed by atoms with Crippen LogP contribution in [0.25, 0.3) is 0 Å². The van der Waals surface area contributed by atoms with Crippen molar-refractivity contribution in [2.45, 2.75) is 6.42 Å². The lowest BCUT2D eigenvalue weighted by atomic mass is 10.1. The van der Waals surface area contributed by atoms with Crippen molar-refractivity contribution in [3.05, 3.63) is 23.8 Å². The molecule has 1 amide bonds. The molecule has 0 aliphatic heterocycles. The highest BCUT2D eigenvalue weighted by Gasteiger charge is 2.12. The number of carbonyl (C=O) groups is 1. The minimum absolute atomic E-state index is 0.116. The summed E-state index contributed by atoms with van der Waals surface area (Å²) in [5, 5.41) is 2.85. The van der Waals surface area contributed by atoms with E-state index in [1.807, 2.05) is 0 Å². The van der Waals surface area contributed by atoms with Gasteiger partial charge in [-0.15, -0.1) is 0 Å². The van der Waals surface area contributed by atoms with Gasteiger partial charge in [-0.05, 0) is 18.6 Å². The van der Waals surface area contributed by atoms with Gasteiger partial charge in [-0.25, -0.2) is 0 Å². The predicted molar refractivity (Wildman–Crippen MR) is 75.4 cm³/mol. The fraction of sp³-hybridized carbons (Fsp3) is 0.417. The number of nitrogens with one attached hydrogen (secondary N) is 1. The van der Waals surface area contributed by atoms with E-state index in [1.54, 1.807) is 25.3 Å². The number of carbonyl (C=O) groups excluding carboxylic acids is 1. The molecule has 1 aromatic rings. The van der Waals surface area contributed by atoms with Crippen LogP contribution in [0, 0.1) is 0 Å². The standard InChI is InChI=1S/C12H16INO3/c1-16-9-4-5-10(11(8-9)17-2)12(15)14-7-3-6-13/h4-5,8H,3,6-7H2,1-2H3,(H,14,15). The second-order valence-corrected chi connectivity index (χ2v) is 4.44. The smallest absolute Gasteiger partial charge is 0.255 e. The number of rotatable bonds is 6. The summed E-state index contributed by atoms with van der Waals surface area (Å²) in [5.74, 6) is 1.08. The van der Waals surface area contributed by atoms with E-state index >= 15 is 0 Å². The summed E-state index contributed by atoms with van der Waals surface area (Å²) in [6, 6.07) is 5.15. The Kier molecular flexibility index (Phi) is 6.10. The molecule has 1 N–H and O–H groups in total. The molecule has 0 fully saturated rings. The zero-order valence-electron chi connectivity index (χ0n) is 9.96. The van der Waals surface area contributed by atoms with Gasteiger partial charge in [0.1, 0.15) is 11.5 Å². The van der Waals surface area contributed by atoms with Crippen molar-refractivity contribution in [1.82, 2.24) is 5.32 Å². The van der Waals surface area contributed by atoms with E-state index in [0.717, 1.165) is 10.8 Å². The van der Waals surface area contributed by atoms with Crippen LogP contribution < -0.4 is 14.8 Å². The molecule has 4 nitrogen and oxygen atoms in total. The minimum atomic E-state index is -0.116. The maximum absolute atomic E-state index is 11.9. The van der Waals surface area contributed by atoms with E-state index in [2.05, 4.69) is 27.9 Å². The highest BCUT2D eigenvalue weighted by atomic mass is 127. The molecule has 0 saturated carbocycles. The SMILES string of the molecule is COc1ccc(C(=O)NCCCI)c(OC)c1. The van der Waals surface area contributed by atoms with Crippen molar-refractivity contribution in [3.63, 3.8) is 0 Å². The summed E-state index contributed by atoms with van der Waals surface area (Å²) in [6.07, 6.45) is 0.963. The molecule has 0 spiro atoms. The second kappa shape index (κ2) is 7.37. The predicted octanol–water partition coefficient (Wildman–Crippen LogP) is 2.26. The Bertz CT molecular complexity index is 382. The van der Waals surface area contributed by atoms with Crippen molar-refractivity contribution in [3.8, 4) is 11.5 Å². The van der Waals surface area contributed by atoms with E-state index in [9.17, 15) is 4.79 Å². The third-order valence-electron chi connectivity index (χ3n) is 2.25. The van der Waals surface area contributed by atoms with Gasteiger partial charge in [0.15, 0.2) is 0 Å². The van der Waals surface area contributed by atoms with Gasteiger partial charge in [-0.1, -0.05) is 22.6 Å². The Hall–Kier alpha value is -0.980. The largest absolute Gasteiger partial charge is 0.497 e. The monoisotopic (exact) mass is 349 g/mol. The van der Waals surface area contributed by atoms with Gasteiger partial charge in [-0.3, -0.25) is 4.79 Å². The number of alkyl halides is 1. The number of halogens is 1. The van der Waals surface area contributed by atoms with Crippen molar-refractivity contribution < 1.29 is 14.3 Å². The van der Waals surface area contributed by atoms with Gasteiger partial charge in [-0.2, -0.15) is 0 Å². The van der Waals surface area contributed by atoms with Gasteiger partial charge in [0.05, 0.1) is 19.8 Å². The van der Waals surface area contributed by atoms with Crippen molar-refractivity contribution in [2.24, 2.45) is 0 Å². The number of methoxy groups -OCH3 is 2. The Balaban J connectivity index is 2.78. The van der Waals surface area contributed by atoms with Crippen LogP contribution in [0.4, 0.5) is 0 Å². The molecule has 0 saturated heterocycles. The number of ether oxygens (including phenoxy) is 2. The summed E-state index contributed by atoms with van der Waals surface area (Å²) < 4.78 is 11.3. The molecule has 17 heavy (non-hydrogen) atoms. The van der Waals surface area contributed by atoms with Crippen LogP contribution in [0.3, 0.4) is 0 Å². The fourth-order valence-electron chi connectivity index (χ4n) is 1.35. The van der Waals surface area contributed by atoms with Crippen molar-refractivity contribution >= 4 is 28.5 Å². The summed E-state index contributed by atoms with van der Waals surface area (Å²) in [7, 11) is 3.12. The lowest BCUT2D eigenvalue weighted by Crippen LogP contribution is -2.25. The van der Waals surface area contributed by atoms with Crippen LogP contribution in [-0.2, 0) is 0 Å². The topological polar surface area (TPSA) is 47.6 Å². The zero-order valence-corrected chi connectivity index (χ0v) is 12.1. The Morgan fingerprint density at radius 3 is 2.71 bits per heavy atom. The lowest BCUT2D eigenvalue weighted by molar-refractivity contribution is 0.0951. The average molecular weight is 349 g/mol. The molecule has 0 heterocycles. The quantitative estimate of drug-likeness (QED) is 0.487. The van der Waals surface area contributed by atoms with Gasteiger partial charge >= 0.3 is 0 Å². The summed E-state index contributed by atoms with van der Waals surface area (Å²) >= 11 is 2.28. The number of benzene rings is 1. The molecular formula is C12H16INO3. The third kappa shape index (κ3) is 4.07. The molecule has 1 aromatic carbocycles. The van der Waals surface area contributed by atoms with Gasteiger partial charge < -0.3 is 14.8 Å². The maximum atomic E-state index is 11.9. The molecule has 0 bridgehead atoms.